The van der Waals surface area contributed by atoms with Crippen molar-refractivity contribution < 1.29 is 4.79 Å². The summed E-state index contributed by atoms with van der Waals surface area (Å²) < 4.78 is 1.85. The Morgan fingerprint density at radius 1 is 0.886 bits per heavy atom. The molecule has 3 aliphatic rings. The van der Waals surface area contributed by atoms with Gasteiger partial charge in [0, 0.05) is 50.5 Å². The summed E-state index contributed by atoms with van der Waals surface area (Å²) in [7, 11) is 2.17. The monoisotopic (exact) mass is 487 g/mol. The molecule has 9 heteroatoms. The second kappa shape index (κ2) is 9.47. The third-order valence-corrected chi connectivity index (χ3v) is 7.97. The molecule has 8 nitrogen and oxygen atoms in total. The summed E-state index contributed by atoms with van der Waals surface area (Å²) in [6.45, 7) is 6.21. The van der Waals surface area contributed by atoms with Gasteiger partial charge in [0.15, 0.2) is 10.8 Å². The molecule has 0 aliphatic carbocycles. The maximum absolute atomic E-state index is 12.6. The van der Waals surface area contributed by atoms with Crippen molar-refractivity contribution in [1.29, 1.82) is 0 Å². The average molecular weight is 488 g/mol. The Balaban J connectivity index is 1.23. The molecule has 0 radical (unpaired) electrons. The topological polar surface area (TPSA) is 69.3 Å². The van der Waals surface area contributed by atoms with Crippen molar-refractivity contribution in [3.8, 4) is 11.3 Å². The van der Waals surface area contributed by atoms with Gasteiger partial charge in [-0.25, -0.2) is 9.50 Å². The van der Waals surface area contributed by atoms with Crippen molar-refractivity contribution in [2.75, 3.05) is 51.2 Å². The van der Waals surface area contributed by atoms with Gasteiger partial charge in [0.25, 0.3) is 5.91 Å². The fraction of sp³-hybridized carbons (Fsp3) is 0.385. The first kappa shape index (κ1) is 22.3. The number of carbonyl (C=O) groups is 1. The van der Waals surface area contributed by atoms with Crippen molar-refractivity contribution >= 4 is 40.2 Å². The minimum Gasteiger partial charge on any atom is -0.369 e. The molecule has 0 saturated carbocycles. The number of imidazole rings is 1. The molecule has 2 fully saturated rings. The van der Waals surface area contributed by atoms with Crippen LogP contribution in [-0.4, -0.2) is 81.8 Å². The highest BCUT2D eigenvalue weighted by molar-refractivity contribution is 8.18. The molecular weight excluding hydrogens is 458 g/mol. The number of fused-ring (bicyclic) bond motifs is 1. The van der Waals surface area contributed by atoms with Crippen LogP contribution in [0.5, 0.6) is 0 Å². The van der Waals surface area contributed by atoms with Crippen LogP contribution in [0.3, 0.4) is 0 Å². The van der Waals surface area contributed by atoms with Crippen molar-refractivity contribution in [3.63, 3.8) is 0 Å². The number of amidine groups is 1. The minimum absolute atomic E-state index is 0.178. The van der Waals surface area contributed by atoms with Crippen LogP contribution in [0.25, 0.3) is 23.0 Å². The molecule has 6 rings (SSSR count). The van der Waals surface area contributed by atoms with Crippen LogP contribution < -0.4 is 4.90 Å². The summed E-state index contributed by atoms with van der Waals surface area (Å²) >= 11 is 1.46. The lowest BCUT2D eigenvalue weighted by Crippen LogP contribution is -2.44. The Bertz CT molecular complexity index is 1300. The summed E-state index contributed by atoms with van der Waals surface area (Å²) in [4.78, 5) is 29.0. The molecule has 2 saturated heterocycles. The SMILES string of the molecule is CN1CCN(c2ccc(-c3cnc4ccc(C=C5SC(N6CCCCC6)=NC5=O)nn34)cc2)CC1. The molecule has 35 heavy (non-hydrogen) atoms. The summed E-state index contributed by atoms with van der Waals surface area (Å²) in [5.41, 5.74) is 4.74. The number of carbonyl (C=O) groups excluding carboxylic acids is 1. The predicted octanol–water partition coefficient (Wildman–Crippen LogP) is 3.60. The Hall–Kier alpha value is -3.17. The molecule has 2 aromatic heterocycles. The van der Waals surface area contributed by atoms with Gasteiger partial charge in [0.2, 0.25) is 0 Å². The Morgan fingerprint density at radius 2 is 1.66 bits per heavy atom. The smallest absolute Gasteiger partial charge is 0.286 e. The van der Waals surface area contributed by atoms with E-state index in [0.29, 0.717) is 4.91 Å². The summed E-state index contributed by atoms with van der Waals surface area (Å²) in [5.74, 6) is -0.178. The standard InChI is InChI=1S/C26H29N7OS/c1-30-13-15-31(16-14-30)21-8-5-19(6-9-21)22-18-27-24-10-7-20(29-33(22)24)17-23-25(34)28-26(35-23)32-11-3-2-4-12-32/h5-10,17-18H,2-4,11-16H2,1H3. The quantitative estimate of drug-likeness (QED) is 0.523. The Kier molecular flexibility index (Phi) is 6.03. The fourth-order valence-electron chi connectivity index (χ4n) is 4.82. The summed E-state index contributed by atoms with van der Waals surface area (Å²) in [6.07, 6.45) is 7.26. The normalized spacial score (nSPS) is 20.8. The molecule has 0 atom stereocenters. The minimum atomic E-state index is -0.178. The van der Waals surface area contributed by atoms with Gasteiger partial charge in [-0.1, -0.05) is 12.1 Å². The lowest BCUT2D eigenvalue weighted by atomic mass is 10.1. The number of hydrogen-bond acceptors (Lipinski definition) is 7. The largest absolute Gasteiger partial charge is 0.369 e. The molecule has 1 aromatic carbocycles. The number of aliphatic imine (C=N–C) groups is 1. The number of hydrogen-bond donors (Lipinski definition) is 0. The van der Waals surface area contributed by atoms with Crippen LogP contribution >= 0.6 is 11.8 Å². The van der Waals surface area contributed by atoms with Gasteiger partial charge in [-0.2, -0.15) is 10.1 Å². The Labute approximate surface area is 209 Å². The number of benzene rings is 1. The van der Waals surface area contributed by atoms with Crippen molar-refractivity contribution in [2.45, 2.75) is 19.3 Å². The van der Waals surface area contributed by atoms with Crippen LogP contribution in [0.4, 0.5) is 5.69 Å². The lowest BCUT2D eigenvalue weighted by Gasteiger charge is -2.34. The average Bonchev–Trinajstić information content (AvgIpc) is 3.48. The van der Waals surface area contributed by atoms with Crippen LogP contribution in [0, 0.1) is 0 Å². The van der Waals surface area contributed by atoms with Gasteiger partial charge in [-0.05, 0) is 68.4 Å². The molecule has 1 amide bonds. The van der Waals surface area contributed by atoms with Crippen molar-refractivity contribution in [2.24, 2.45) is 4.99 Å². The van der Waals surface area contributed by atoms with E-state index in [1.165, 1.54) is 23.9 Å². The highest BCUT2D eigenvalue weighted by Gasteiger charge is 2.27. The van der Waals surface area contributed by atoms with Crippen LogP contribution in [-0.2, 0) is 4.79 Å². The molecule has 0 N–H and O–H groups in total. The Morgan fingerprint density at radius 3 is 2.43 bits per heavy atom. The van der Waals surface area contributed by atoms with E-state index in [9.17, 15) is 4.79 Å². The fourth-order valence-corrected chi connectivity index (χ4v) is 5.77. The maximum atomic E-state index is 12.6. The number of rotatable bonds is 3. The second-order valence-corrected chi connectivity index (χ2v) is 10.4. The highest BCUT2D eigenvalue weighted by Crippen LogP contribution is 2.31. The van der Waals surface area contributed by atoms with Crippen molar-refractivity contribution in [3.05, 3.63) is 53.2 Å². The highest BCUT2D eigenvalue weighted by atomic mass is 32.2. The van der Waals surface area contributed by atoms with E-state index in [-0.39, 0.29) is 5.91 Å². The van der Waals surface area contributed by atoms with E-state index in [0.717, 1.165) is 79.9 Å². The van der Waals surface area contributed by atoms with Crippen molar-refractivity contribution in [1.82, 2.24) is 24.4 Å². The lowest BCUT2D eigenvalue weighted by molar-refractivity contribution is -0.113. The van der Waals surface area contributed by atoms with E-state index in [1.54, 1.807) is 0 Å². The second-order valence-electron chi connectivity index (χ2n) is 9.37. The van der Waals surface area contributed by atoms with E-state index in [2.05, 4.69) is 56.0 Å². The van der Waals surface area contributed by atoms with Gasteiger partial charge in [0.05, 0.1) is 22.5 Å². The van der Waals surface area contributed by atoms with Gasteiger partial charge < -0.3 is 14.7 Å². The van der Waals surface area contributed by atoms with Crippen LogP contribution in [0.15, 0.2) is 52.5 Å². The molecule has 3 aromatic rings. The van der Waals surface area contributed by atoms with Gasteiger partial charge in [0.1, 0.15) is 0 Å². The van der Waals surface area contributed by atoms with Crippen LogP contribution in [0.2, 0.25) is 0 Å². The zero-order chi connectivity index (χ0) is 23.8. The number of piperazine rings is 1. The first-order valence-corrected chi connectivity index (χ1v) is 13.1. The van der Waals surface area contributed by atoms with E-state index < -0.39 is 0 Å². The number of likely N-dealkylation sites (tertiary alicyclic amines) is 1. The number of piperidine rings is 1. The number of nitrogens with zero attached hydrogens (tertiary/aromatic N) is 7. The van der Waals surface area contributed by atoms with Crippen LogP contribution in [0.1, 0.15) is 25.0 Å². The predicted molar refractivity (Wildman–Crippen MR) is 142 cm³/mol. The molecule has 180 valence electrons. The maximum Gasteiger partial charge on any atom is 0.286 e. The van der Waals surface area contributed by atoms with E-state index >= 15 is 0 Å². The number of likely N-dealkylation sites (N-methyl/N-ethyl adjacent to an activating group) is 1. The first-order valence-electron chi connectivity index (χ1n) is 12.3. The molecule has 0 unspecified atom stereocenters. The summed E-state index contributed by atoms with van der Waals surface area (Å²) in [5, 5.41) is 5.62. The number of aromatic nitrogens is 3. The zero-order valence-electron chi connectivity index (χ0n) is 19.9. The molecule has 0 bridgehead atoms. The van der Waals surface area contributed by atoms with Gasteiger partial charge in [-0.15, -0.1) is 0 Å². The molecule has 0 spiro atoms. The summed E-state index contributed by atoms with van der Waals surface area (Å²) in [6, 6.07) is 12.5. The first-order chi connectivity index (χ1) is 17.1. The third kappa shape index (κ3) is 4.58. The van der Waals surface area contributed by atoms with Gasteiger partial charge in [-0.3, -0.25) is 4.79 Å². The molecule has 3 aliphatic heterocycles. The zero-order valence-corrected chi connectivity index (χ0v) is 20.7. The number of thioether (sulfide) groups is 1. The number of amides is 1. The van der Waals surface area contributed by atoms with E-state index in [4.69, 9.17) is 5.10 Å². The molecular formula is C26H29N7OS. The van der Waals surface area contributed by atoms with Gasteiger partial charge >= 0.3 is 0 Å². The van der Waals surface area contributed by atoms with E-state index in [1.807, 2.05) is 28.9 Å². The molecule has 5 heterocycles. The third-order valence-electron chi connectivity index (χ3n) is 6.93. The number of anilines is 1.